The van der Waals surface area contributed by atoms with E-state index >= 15 is 0 Å². The topological polar surface area (TPSA) is 69.2 Å². The lowest BCUT2D eigenvalue weighted by atomic mass is 10.2. The number of nitrogens with zero attached hydrogens (tertiary/aromatic N) is 4. The maximum Gasteiger partial charge on any atom is 0.246 e. The fourth-order valence-corrected chi connectivity index (χ4v) is 2.12. The molecule has 96 valence electrons. The van der Waals surface area contributed by atoms with Gasteiger partial charge in [-0.1, -0.05) is 13.8 Å². The lowest BCUT2D eigenvalue weighted by Crippen LogP contribution is -2.37. The molecule has 2 N–H and O–H groups in total. The number of nitrogen functional groups attached to an aromatic ring is 1. The highest BCUT2D eigenvalue weighted by Gasteiger charge is 2.19. The second-order valence-electron chi connectivity index (χ2n) is 4.28. The molecule has 0 aromatic carbocycles. The monoisotopic (exact) mass is 239 g/mol. The summed E-state index contributed by atoms with van der Waals surface area (Å²) in [5.74, 6) is 1.25. The van der Waals surface area contributed by atoms with Crippen LogP contribution in [-0.2, 0) is 4.74 Å². The minimum absolute atomic E-state index is 0.345. The Hall–Kier alpha value is -1.30. The van der Waals surface area contributed by atoms with Crippen molar-refractivity contribution in [3.8, 4) is 0 Å². The van der Waals surface area contributed by atoms with Crippen molar-refractivity contribution in [2.75, 3.05) is 36.9 Å². The average molecular weight is 239 g/mol. The Kier molecular flexibility index (Phi) is 3.83. The van der Waals surface area contributed by atoms with Crippen LogP contribution in [0.2, 0.25) is 0 Å². The van der Waals surface area contributed by atoms with Crippen LogP contribution in [0.15, 0.2) is 0 Å². The fraction of sp³-hybridized carbons (Fsp3) is 0.818. The molecular weight excluding hydrogens is 218 g/mol. The first-order valence-corrected chi connectivity index (χ1v) is 6.31. The van der Waals surface area contributed by atoms with E-state index in [1.807, 2.05) is 4.68 Å². The van der Waals surface area contributed by atoms with Crippen molar-refractivity contribution in [3.63, 3.8) is 0 Å². The van der Waals surface area contributed by atoms with Gasteiger partial charge in [-0.2, -0.15) is 4.98 Å². The summed E-state index contributed by atoms with van der Waals surface area (Å²) in [4.78, 5) is 6.47. The van der Waals surface area contributed by atoms with Gasteiger partial charge in [0, 0.05) is 13.1 Å². The summed E-state index contributed by atoms with van der Waals surface area (Å²) >= 11 is 0. The molecule has 1 saturated heterocycles. The standard InChI is InChI=1S/C11H21N5O/c1-3-9(4-2)16-10(12)13-11(14-16)15-5-7-17-8-6-15/h9H,3-8H2,1-2H3,(H2,12,13,14). The predicted octanol–water partition coefficient (Wildman–Crippen LogP) is 1.06. The van der Waals surface area contributed by atoms with Crippen LogP contribution in [0, 0.1) is 0 Å². The molecule has 1 aliphatic heterocycles. The molecule has 6 nitrogen and oxygen atoms in total. The molecule has 2 rings (SSSR count). The molecule has 0 bridgehead atoms. The molecule has 17 heavy (non-hydrogen) atoms. The first-order valence-electron chi connectivity index (χ1n) is 6.31. The van der Waals surface area contributed by atoms with Gasteiger partial charge in [0.05, 0.1) is 19.3 Å². The van der Waals surface area contributed by atoms with E-state index in [0.717, 1.165) is 45.1 Å². The molecule has 0 radical (unpaired) electrons. The van der Waals surface area contributed by atoms with E-state index in [1.165, 1.54) is 0 Å². The normalized spacial score (nSPS) is 16.8. The Morgan fingerprint density at radius 2 is 1.94 bits per heavy atom. The number of hydrogen-bond donors (Lipinski definition) is 1. The van der Waals surface area contributed by atoms with Crippen molar-refractivity contribution in [2.24, 2.45) is 0 Å². The van der Waals surface area contributed by atoms with E-state index < -0.39 is 0 Å². The second-order valence-corrected chi connectivity index (χ2v) is 4.28. The van der Waals surface area contributed by atoms with Crippen molar-refractivity contribution < 1.29 is 4.74 Å². The zero-order valence-corrected chi connectivity index (χ0v) is 10.6. The van der Waals surface area contributed by atoms with Crippen LogP contribution in [0.3, 0.4) is 0 Å². The maximum absolute atomic E-state index is 5.93. The highest BCUT2D eigenvalue weighted by atomic mass is 16.5. The third kappa shape index (κ3) is 2.52. The summed E-state index contributed by atoms with van der Waals surface area (Å²) in [7, 11) is 0. The third-order valence-corrected chi connectivity index (χ3v) is 3.23. The minimum Gasteiger partial charge on any atom is -0.378 e. The molecule has 0 spiro atoms. The Bertz CT molecular complexity index is 355. The van der Waals surface area contributed by atoms with E-state index in [0.29, 0.717) is 12.0 Å². The number of aromatic nitrogens is 3. The Morgan fingerprint density at radius 1 is 1.29 bits per heavy atom. The molecule has 1 fully saturated rings. The fourth-order valence-electron chi connectivity index (χ4n) is 2.12. The van der Waals surface area contributed by atoms with Crippen LogP contribution in [0.4, 0.5) is 11.9 Å². The first kappa shape index (κ1) is 12.2. The highest BCUT2D eigenvalue weighted by Crippen LogP contribution is 2.21. The molecule has 1 aromatic heterocycles. The number of ether oxygens (including phenoxy) is 1. The average Bonchev–Trinajstić information content (AvgIpc) is 2.75. The van der Waals surface area contributed by atoms with Crippen molar-refractivity contribution in [3.05, 3.63) is 0 Å². The van der Waals surface area contributed by atoms with Gasteiger partial charge in [-0.25, -0.2) is 4.68 Å². The summed E-state index contributed by atoms with van der Waals surface area (Å²) < 4.78 is 7.16. The van der Waals surface area contributed by atoms with Crippen molar-refractivity contribution in [1.82, 2.24) is 14.8 Å². The summed E-state index contributed by atoms with van der Waals surface area (Å²) in [6.45, 7) is 7.44. The van der Waals surface area contributed by atoms with Crippen molar-refractivity contribution >= 4 is 11.9 Å². The molecular formula is C11H21N5O. The first-order chi connectivity index (χ1) is 8.26. The van der Waals surface area contributed by atoms with Crippen LogP contribution in [0.5, 0.6) is 0 Å². The zero-order valence-electron chi connectivity index (χ0n) is 10.6. The second kappa shape index (κ2) is 5.35. The zero-order chi connectivity index (χ0) is 12.3. The van der Waals surface area contributed by atoms with Gasteiger partial charge >= 0.3 is 0 Å². The van der Waals surface area contributed by atoms with Gasteiger partial charge in [0.2, 0.25) is 11.9 Å². The summed E-state index contributed by atoms with van der Waals surface area (Å²) in [5, 5.41) is 4.53. The van der Waals surface area contributed by atoms with Crippen molar-refractivity contribution in [2.45, 2.75) is 32.7 Å². The van der Waals surface area contributed by atoms with E-state index in [1.54, 1.807) is 0 Å². The smallest absolute Gasteiger partial charge is 0.246 e. The van der Waals surface area contributed by atoms with Gasteiger partial charge in [0.1, 0.15) is 0 Å². The summed E-state index contributed by atoms with van der Waals surface area (Å²) in [6.07, 6.45) is 2.04. The van der Waals surface area contributed by atoms with E-state index in [9.17, 15) is 0 Å². The number of hydrogen-bond acceptors (Lipinski definition) is 5. The van der Waals surface area contributed by atoms with Gasteiger partial charge in [-0.15, -0.1) is 5.10 Å². The van der Waals surface area contributed by atoms with Gasteiger partial charge in [-0.05, 0) is 12.8 Å². The lowest BCUT2D eigenvalue weighted by molar-refractivity contribution is 0.122. The van der Waals surface area contributed by atoms with Crippen molar-refractivity contribution in [1.29, 1.82) is 0 Å². The van der Waals surface area contributed by atoms with Gasteiger partial charge in [-0.3, -0.25) is 0 Å². The van der Waals surface area contributed by atoms with Gasteiger partial charge in [0.15, 0.2) is 0 Å². The van der Waals surface area contributed by atoms with E-state index in [-0.39, 0.29) is 0 Å². The molecule has 0 aliphatic carbocycles. The molecule has 0 atom stereocenters. The molecule has 0 unspecified atom stereocenters. The molecule has 1 aliphatic rings. The van der Waals surface area contributed by atoms with E-state index in [2.05, 4.69) is 28.8 Å². The van der Waals surface area contributed by atoms with E-state index in [4.69, 9.17) is 10.5 Å². The van der Waals surface area contributed by atoms with Crippen LogP contribution >= 0.6 is 0 Å². The number of morpholine rings is 1. The largest absolute Gasteiger partial charge is 0.378 e. The van der Waals surface area contributed by atoms with Gasteiger partial charge in [0.25, 0.3) is 0 Å². The van der Waals surface area contributed by atoms with Crippen LogP contribution in [-0.4, -0.2) is 41.1 Å². The number of rotatable bonds is 4. The predicted molar refractivity (Wildman–Crippen MR) is 67.1 cm³/mol. The number of anilines is 2. The molecule has 0 saturated carbocycles. The Morgan fingerprint density at radius 3 is 2.53 bits per heavy atom. The SMILES string of the molecule is CCC(CC)n1nc(N2CCOCC2)nc1N. The molecule has 2 heterocycles. The van der Waals surface area contributed by atoms with Crippen LogP contribution in [0.1, 0.15) is 32.7 Å². The summed E-state index contributed by atoms with van der Waals surface area (Å²) in [5.41, 5.74) is 5.93. The third-order valence-electron chi connectivity index (χ3n) is 3.23. The summed E-state index contributed by atoms with van der Waals surface area (Å²) in [6, 6.07) is 0.345. The minimum atomic E-state index is 0.345. The van der Waals surface area contributed by atoms with Crippen LogP contribution < -0.4 is 10.6 Å². The van der Waals surface area contributed by atoms with Gasteiger partial charge < -0.3 is 15.4 Å². The van der Waals surface area contributed by atoms with Crippen LogP contribution in [0.25, 0.3) is 0 Å². The molecule has 0 amide bonds. The quantitative estimate of drug-likeness (QED) is 0.850. The lowest BCUT2D eigenvalue weighted by Gasteiger charge is -2.25. The Balaban J connectivity index is 2.16. The highest BCUT2D eigenvalue weighted by molar-refractivity contribution is 5.35. The maximum atomic E-state index is 5.93. The number of nitrogens with two attached hydrogens (primary N) is 1. The molecule has 6 heteroatoms. The Labute approximate surface area is 102 Å². The molecule has 1 aromatic rings.